The number of amides is 1. The maximum Gasteiger partial charge on any atom is 0.272 e. The van der Waals surface area contributed by atoms with Gasteiger partial charge < -0.3 is 0 Å². The third-order valence-corrected chi connectivity index (χ3v) is 5.07. The first-order chi connectivity index (χ1) is 15.4. The van der Waals surface area contributed by atoms with E-state index in [9.17, 15) is 14.9 Å². The Hall–Kier alpha value is -4.46. The summed E-state index contributed by atoms with van der Waals surface area (Å²) < 4.78 is 0. The van der Waals surface area contributed by atoms with Crippen LogP contribution in [0.3, 0.4) is 0 Å². The van der Waals surface area contributed by atoms with E-state index in [0.29, 0.717) is 39.0 Å². The van der Waals surface area contributed by atoms with Crippen LogP contribution in [-0.2, 0) is 0 Å². The predicted molar refractivity (Wildman–Crippen MR) is 122 cm³/mol. The van der Waals surface area contributed by atoms with Crippen molar-refractivity contribution in [1.82, 2.24) is 15.4 Å². The maximum atomic E-state index is 13.0. The lowest BCUT2D eigenvalue weighted by Crippen LogP contribution is -2.20. The van der Waals surface area contributed by atoms with Crippen LogP contribution in [0, 0.1) is 17.0 Å². The van der Waals surface area contributed by atoms with Crippen LogP contribution >= 0.6 is 0 Å². The minimum absolute atomic E-state index is 0.00427. The van der Waals surface area contributed by atoms with Gasteiger partial charge in [-0.05, 0) is 38.1 Å². The number of nitro groups is 1. The summed E-state index contributed by atoms with van der Waals surface area (Å²) in [5.41, 5.74) is 6.64. The Morgan fingerprint density at radius 3 is 2.66 bits per heavy atom. The van der Waals surface area contributed by atoms with Crippen molar-refractivity contribution in [2.45, 2.75) is 13.8 Å². The van der Waals surface area contributed by atoms with Crippen LogP contribution in [0.25, 0.3) is 22.2 Å². The third-order valence-electron chi connectivity index (χ3n) is 5.07. The molecule has 0 aliphatic rings. The number of hydrazone groups is 1. The van der Waals surface area contributed by atoms with E-state index in [1.54, 1.807) is 50.5 Å². The molecule has 1 amide bonds. The molecular weight excluding hydrogens is 406 g/mol. The smallest absolute Gasteiger partial charge is 0.267 e. The van der Waals surface area contributed by atoms with Crippen molar-refractivity contribution in [3.05, 3.63) is 99.9 Å². The number of carbonyl (C=O) groups is 1. The van der Waals surface area contributed by atoms with E-state index in [1.165, 1.54) is 6.07 Å². The molecule has 158 valence electrons. The van der Waals surface area contributed by atoms with E-state index in [-0.39, 0.29) is 5.69 Å². The molecule has 2 aromatic carbocycles. The Morgan fingerprint density at radius 1 is 1.09 bits per heavy atom. The fraction of sp³-hybridized carbons (Fsp3) is 0.0833. The van der Waals surface area contributed by atoms with Gasteiger partial charge in [0.1, 0.15) is 0 Å². The molecule has 0 bridgehead atoms. The monoisotopic (exact) mass is 425 g/mol. The topological polar surface area (TPSA) is 110 Å². The average Bonchev–Trinajstić information content (AvgIpc) is 2.82. The van der Waals surface area contributed by atoms with E-state index >= 15 is 0 Å². The molecule has 0 unspecified atom stereocenters. The zero-order chi connectivity index (χ0) is 22.7. The second-order valence-corrected chi connectivity index (χ2v) is 7.21. The maximum absolute atomic E-state index is 13.0. The molecule has 0 saturated carbocycles. The van der Waals surface area contributed by atoms with Crippen LogP contribution < -0.4 is 5.43 Å². The van der Waals surface area contributed by atoms with E-state index in [1.807, 2.05) is 30.3 Å². The van der Waals surface area contributed by atoms with Crippen LogP contribution in [0.2, 0.25) is 0 Å². The molecule has 0 aliphatic carbocycles. The first kappa shape index (κ1) is 20.8. The van der Waals surface area contributed by atoms with Crippen molar-refractivity contribution in [1.29, 1.82) is 0 Å². The Kier molecular flexibility index (Phi) is 5.67. The number of para-hydroxylation sites is 1. The molecule has 0 radical (unpaired) electrons. The van der Waals surface area contributed by atoms with Gasteiger partial charge in [-0.25, -0.2) is 10.4 Å². The summed E-state index contributed by atoms with van der Waals surface area (Å²) >= 11 is 0. The first-order valence-electron chi connectivity index (χ1n) is 9.84. The molecule has 2 aromatic heterocycles. The van der Waals surface area contributed by atoms with Crippen molar-refractivity contribution >= 4 is 28.2 Å². The molecule has 8 heteroatoms. The predicted octanol–water partition coefficient (Wildman–Crippen LogP) is 4.67. The number of nitrogens with zero attached hydrogens (tertiary/aromatic N) is 4. The van der Waals surface area contributed by atoms with Gasteiger partial charge in [-0.15, -0.1) is 0 Å². The Bertz CT molecular complexity index is 1370. The second kappa shape index (κ2) is 8.73. The molecule has 2 heterocycles. The highest BCUT2D eigenvalue weighted by Crippen LogP contribution is 2.24. The van der Waals surface area contributed by atoms with E-state index in [4.69, 9.17) is 0 Å². The fourth-order valence-corrected chi connectivity index (χ4v) is 3.32. The van der Waals surface area contributed by atoms with Crippen LogP contribution in [0.1, 0.15) is 28.4 Å². The number of nitrogens with one attached hydrogen (secondary N) is 1. The highest BCUT2D eigenvalue weighted by Gasteiger charge is 2.15. The summed E-state index contributed by atoms with van der Waals surface area (Å²) in [6, 6.07) is 17.6. The molecule has 32 heavy (non-hydrogen) atoms. The standard InChI is InChI=1S/C24H19N5O3/c1-15-9-10-17(12-23(15)29(31)32)16(2)27-28-24(30)20-13-22(18-6-5-11-25-14-18)26-21-8-4-3-7-19(20)21/h3-14H,1-2H3,(H,28,30). The minimum atomic E-state index is -0.437. The molecule has 8 nitrogen and oxygen atoms in total. The van der Waals surface area contributed by atoms with E-state index < -0.39 is 10.8 Å². The van der Waals surface area contributed by atoms with Gasteiger partial charge in [0.05, 0.1) is 27.4 Å². The summed E-state index contributed by atoms with van der Waals surface area (Å²) in [5.74, 6) is -0.408. The summed E-state index contributed by atoms with van der Waals surface area (Å²) in [5, 5.41) is 16.1. The normalized spacial score (nSPS) is 11.4. The zero-order valence-electron chi connectivity index (χ0n) is 17.4. The lowest BCUT2D eigenvalue weighted by atomic mass is 10.0. The number of hydrogen-bond donors (Lipinski definition) is 1. The van der Waals surface area contributed by atoms with Gasteiger partial charge in [0, 0.05) is 40.5 Å². The number of nitro benzene ring substituents is 1. The van der Waals surface area contributed by atoms with Gasteiger partial charge in [-0.1, -0.05) is 30.3 Å². The number of aromatic nitrogens is 2. The van der Waals surface area contributed by atoms with Crippen molar-refractivity contribution in [3.8, 4) is 11.3 Å². The number of carbonyl (C=O) groups excluding carboxylic acids is 1. The summed E-state index contributed by atoms with van der Waals surface area (Å²) in [6.07, 6.45) is 3.36. The van der Waals surface area contributed by atoms with Gasteiger partial charge in [0.25, 0.3) is 11.6 Å². The fourth-order valence-electron chi connectivity index (χ4n) is 3.32. The van der Waals surface area contributed by atoms with Gasteiger partial charge in [0.15, 0.2) is 0 Å². The van der Waals surface area contributed by atoms with Gasteiger partial charge in [0.2, 0.25) is 0 Å². The summed E-state index contributed by atoms with van der Waals surface area (Å²) in [6.45, 7) is 3.35. The average molecular weight is 425 g/mol. The SMILES string of the molecule is CC(=NNC(=O)c1cc(-c2cccnc2)nc2ccccc12)c1ccc(C)c([N+](=O)[O-])c1. The summed E-state index contributed by atoms with van der Waals surface area (Å²) in [7, 11) is 0. The highest BCUT2D eigenvalue weighted by atomic mass is 16.6. The third kappa shape index (κ3) is 4.20. The highest BCUT2D eigenvalue weighted by molar-refractivity contribution is 6.08. The summed E-state index contributed by atoms with van der Waals surface area (Å²) in [4.78, 5) is 32.6. The largest absolute Gasteiger partial charge is 0.272 e. The van der Waals surface area contributed by atoms with Gasteiger partial charge in [-0.3, -0.25) is 19.9 Å². The van der Waals surface area contributed by atoms with Gasteiger partial charge in [-0.2, -0.15) is 5.10 Å². The lowest BCUT2D eigenvalue weighted by molar-refractivity contribution is -0.385. The Morgan fingerprint density at radius 2 is 1.91 bits per heavy atom. The Balaban J connectivity index is 1.68. The van der Waals surface area contributed by atoms with Crippen LogP contribution in [0.15, 0.2) is 78.2 Å². The molecule has 0 saturated heterocycles. The lowest BCUT2D eigenvalue weighted by Gasteiger charge is -2.09. The van der Waals surface area contributed by atoms with Crippen molar-refractivity contribution in [2.24, 2.45) is 5.10 Å². The zero-order valence-corrected chi connectivity index (χ0v) is 17.4. The van der Waals surface area contributed by atoms with Crippen molar-refractivity contribution < 1.29 is 9.72 Å². The van der Waals surface area contributed by atoms with E-state index in [2.05, 4.69) is 20.5 Å². The number of aryl methyl sites for hydroxylation is 1. The molecule has 1 N–H and O–H groups in total. The van der Waals surface area contributed by atoms with Gasteiger partial charge >= 0.3 is 0 Å². The number of fused-ring (bicyclic) bond motifs is 1. The first-order valence-corrected chi connectivity index (χ1v) is 9.84. The number of benzene rings is 2. The minimum Gasteiger partial charge on any atom is -0.267 e. The molecule has 0 spiro atoms. The van der Waals surface area contributed by atoms with E-state index in [0.717, 1.165) is 5.56 Å². The van der Waals surface area contributed by atoms with Crippen molar-refractivity contribution in [3.63, 3.8) is 0 Å². The molecule has 0 aliphatic heterocycles. The van der Waals surface area contributed by atoms with Crippen molar-refractivity contribution in [2.75, 3.05) is 0 Å². The van der Waals surface area contributed by atoms with Crippen LogP contribution in [-0.4, -0.2) is 26.5 Å². The second-order valence-electron chi connectivity index (χ2n) is 7.21. The molecule has 0 fully saturated rings. The molecule has 0 atom stereocenters. The number of hydrogen-bond acceptors (Lipinski definition) is 6. The quantitative estimate of drug-likeness (QED) is 0.284. The van der Waals surface area contributed by atoms with Crippen LogP contribution in [0.5, 0.6) is 0 Å². The molecule has 4 aromatic rings. The van der Waals surface area contributed by atoms with Crippen LogP contribution in [0.4, 0.5) is 5.69 Å². The molecular formula is C24H19N5O3. The number of pyridine rings is 2. The molecule has 4 rings (SSSR count). The number of rotatable bonds is 5. The Labute approximate surface area is 183 Å².